The Morgan fingerprint density at radius 1 is 1.48 bits per heavy atom. The Balaban J connectivity index is 2.08. The number of ether oxygens (including phenoxy) is 1. The molecule has 1 aromatic carbocycles. The number of nitrogens with one attached hydrogen (secondary N) is 1. The number of pyridine rings is 1. The number of phenolic OH excluding ortho intramolecular Hbond substituents is 1. The fraction of sp³-hybridized carbons (Fsp3) is 0.188. The van der Waals surface area contributed by atoms with Crippen LogP contribution in [-0.4, -0.2) is 28.8 Å². The Labute approximate surface area is 138 Å². The average molecular weight is 334 g/mol. The number of hydrazone groups is 1. The fourth-order valence-electron chi connectivity index (χ4n) is 1.77. The summed E-state index contributed by atoms with van der Waals surface area (Å²) in [5, 5.41) is 13.8. The molecule has 0 aliphatic heterocycles. The zero-order valence-electron chi connectivity index (χ0n) is 12.7. The second-order valence-electron chi connectivity index (χ2n) is 4.67. The lowest BCUT2D eigenvalue weighted by atomic mass is 10.2. The first kappa shape index (κ1) is 16.8. The first-order valence-electron chi connectivity index (χ1n) is 6.92. The minimum absolute atomic E-state index is 0.125. The van der Waals surface area contributed by atoms with Crippen molar-refractivity contribution in [3.8, 4) is 11.5 Å². The Bertz CT molecular complexity index is 730. The van der Waals surface area contributed by atoms with Gasteiger partial charge in [-0.1, -0.05) is 11.6 Å². The van der Waals surface area contributed by atoms with Gasteiger partial charge in [-0.25, -0.2) is 5.43 Å². The van der Waals surface area contributed by atoms with Crippen molar-refractivity contribution >= 4 is 23.7 Å². The second kappa shape index (κ2) is 7.60. The van der Waals surface area contributed by atoms with Crippen LogP contribution in [0.3, 0.4) is 0 Å². The summed E-state index contributed by atoms with van der Waals surface area (Å²) in [7, 11) is 0. The molecule has 0 bridgehead atoms. The Morgan fingerprint density at radius 2 is 2.26 bits per heavy atom. The topological polar surface area (TPSA) is 83.8 Å². The van der Waals surface area contributed by atoms with Crippen LogP contribution in [0, 0.1) is 6.92 Å². The second-order valence-corrected chi connectivity index (χ2v) is 5.08. The molecule has 0 fully saturated rings. The molecule has 2 rings (SSSR count). The summed E-state index contributed by atoms with van der Waals surface area (Å²) in [6.45, 7) is 4.02. The van der Waals surface area contributed by atoms with E-state index in [0.717, 1.165) is 5.69 Å². The minimum Gasteiger partial charge on any atom is -0.503 e. The normalized spacial score (nSPS) is 10.7. The zero-order chi connectivity index (χ0) is 16.8. The number of benzene rings is 1. The number of carbonyl (C=O) groups is 1. The van der Waals surface area contributed by atoms with Crippen molar-refractivity contribution < 1.29 is 14.6 Å². The minimum atomic E-state index is -0.372. The van der Waals surface area contributed by atoms with E-state index in [1.807, 2.05) is 6.92 Å². The zero-order valence-corrected chi connectivity index (χ0v) is 13.5. The van der Waals surface area contributed by atoms with Crippen LogP contribution in [0.1, 0.15) is 28.5 Å². The first-order valence-corrected chi connectivity index (χ1v) is 7.30. The maximum Gasteiger partial charge on any atom is 0.272 e. The standard InChI is InChI=1S/C16H16ClN3O3/c1-3-23-14-7-11(6-13(17)15(14)21)8-19-20-16(22)12-5-4-10(2)18-9-12/h4-9,21H,3H2,1-2H3,(H,20,22)/b19-8+. The molecule has 0 unspecified atom stereocenters. The highest BCUT2D eigenvalue weighted by molar-refractivity contribution is 6.32. The lowest BCUT2D eigenvalue weighted by Crippen LogP contribution is -2.17. The van der Waals surface area contributed by atoms with Crippen molar-refractivity contribution in [2.75, 3.05) is 6.61 Å². The summed E-state index contributed by atoms with van der Waals surface area (Å²) in [5.74, 6) is -0.236. The summed E-state index contributed by atoms with van der Waals surface area (Å²) in [5.41, 5.74) is 4.21. The van der Waals surface area contributed by atoms with E-state index in [4.69, 9.17) is 16.3 Å². The third-order valence-corrected chi connectivity index (χ3v) is 3.19. The number of rotatable bonds is 5. The molecular formula is C16H16ClN3O3. The number of hydrogen-bond acceptors (Lipinski definition) is 5. The van der Waals surface area contributed by atoms with Crippen LogP contribution in [-0.2, 0) is 0 Å². The van der Waals surface area contributed by atoms with Gasteiger partial charge >= 0.3 is 0 Å². The Morgan fingerprint density at radius 3 is 2.91 bits per heavy atom. The van der Waals surface area contributed by atoms with Crippen molar-refractivity contribution in [1.29, 1.82) is 0 Å². The Hall–Kier alpha value is -2.60. The lowest BCUT2D eigenvalue weighted by Gasteiger charge is -2.08. The van der Waals surface area contributed by atoms with E-state index in [-0.39, 0.29) is 22.4 Å². The predicted octanol–water partition coefficient (Wildman–Crippen LogP) is 2.91. The summed E-state index contributed by atoms with van der Waals surface area (Å²) in [4.78, 5) is 15.9. The average Bonchev–Trinajstić information content (AvgIpc) is 2.53. The molecule has 1 aromatic heterocycles. The molecule has 120 valence electrons. The van der Waals surface area contributed by atoms with Gasteiger partial charge in [0, 0.05) is 11.9 Å². The van der Waals surface area contributed by atoms with E-state index >= 15 is 0 Å². The lowest BCUT2D eigenvalue weighted by molar-refractivity contribution is 0.0955. The van der Waals surface area contributed by atoms with Gasteiger partial charge in [-0.2, -0.15) is 5.10 Å². The van der Waals surface area contributed by atoms with Gasteiger partial charge in [0.1, 0.15) is 0 Å². The molecule has 0 spiro atoms. The number of aromatic hydroxyl groups is 1. The number of amides is 1. The van der Waals surface area contributed by atoms with Crippen LogP contribution in [0.15, 0.2) is 35.6 Å². The van der Waals surface area contributed by atoms with Crippen molar-refractivity contribution in [3.63, 3.8) is 0 Å². The van der Waals surface area contributed by atoms with Gasteiger partial charge in [0.05, 0.1) is 23.4 Å². The van der Waals surface area contributed by atoms with E-state index < -0.39 is 0 Å². The van der Waals surface area contributed by atoms with Gasteiger partial charge in [-0.15, -0.1) is 0 Å². The van der Waals surface area contributed by atoms with Crippen LogP contribution in [0.5, 0.6) is 11.5 Å². The molecule has 23 heavy (non-hydrogen) atoms. The van der Waals surface area contributed by atoms with Gasteiger partial charge in [0.15, 0.2) is 11.5 Å². The molecule has 6 nitrogen and oxygen atoms in total. The SMILES string of the molecule is CCOc1cc(/C=N/NC(=O)c2ccc(C)nc2)cc(Cl)c1O. The van der Waals surface area contributed by atoms with Crippen molar-refractivity contribution in [2.24, 2.45) is 5.10 Å². The van der Waals surface area contributed by atoms with E-state index in [2.05, 4.69) is 15.5 Å². The van der Waals surface area contributed by atoms with E-state index in [0.29, 0.717) is 17.7 Å². The van der Waals surface area contributed by atoms with Crippen LogP contribution < -0.4 is 10.2 Å². The highest BCUT2D eigenvalue weighted by atomic mass is 35.5. The van der Waals surface area contributed by atoms with Crippen molar-refractivity contribution in [3.05, 3.63) is 52.3 Å². The maximum absolute atomic E-state index is 11.9. The number of halogens is 1. The third-order valence-electron chi connectivity index (χ3n) is 2.90. The highest BCUT2D eigenvalue weighted by Crippen LogP contribution is 2.34. The largest absolute Gasteiger partial charge is 0.503 e. The third kappa shape index (κ3) is 4.43. The quantitative estimate of drug-likeness (QED) is 0.651. The Kier molecular flexibility index (Phi) is 5.54. The summed E-state index contributed by atoms with van der Waals surface area (Å²) >= 11 is 5.92. The predicted molar refractivity (Wildman–Crippen MR) is 88.3 cm³/mol. The molecule has 1 amide bonds. The summed E-state index contributed by atoms with van der Waals surface area (Å²) < 4.78 is 5.27. The molecule has 1 heterocycles. The molecule has 0 saturated carbocycles. The van der Waals surface area contributed by atoms with Crippen LogP contribution >= 0.6 is 11.6 Å². The van der Waals surface area contributed by atoms with Crippen molar-refractivity contribution in [1.82, 2.24) is 10.4 Å². The van der Waals surface area contributed by atoms with Crippen molar-refractivity contribution in [2.45, 2.75) is 13.8 Å². The number of hydrogen-bond donors (Lipinski definition) is 2. The monoisotopic (exact) mass is 333 g/mol. The fourth-order valence-corrected chi connectivity index (χ4v) is 1.99. The molecular weight excluding hydrogens is 318 g/mol. The smallest absolute Gasteiger partial charge is 0.272 e. The molecule has 0 atom stereocenters. The molecule has 0 aliphatic carbocycles. The maximum atomic E-state index is 11.9. The van der Waals surface area contributed by atoms with Crippen LogP contribution in [0.4, 0.5) is 0 Å². The van der Waals surface area contributed by atoms with Gasteiger partial charge in [-0.05, 0) is 43.7 Å². The van der Waals surface area contributed by atoms with Gasteiger partial charge in [0.25, 0.3) is 5.91 Å². The highest BCUT2D eigenvalue weighted by Gasteiger charge is 2.09. The van der Waals surface area contributed by atoms with E-state index in [1.54, 1.807) is 25.1 Å². The van der Waals surface area contributed by atoms with Gasteiger partial charge in [-0.3, -0.25) is 9.78 Å². The number of nitrogens with zero attached hydrogens (tertiary/aromatic N) is 2. The van der Waals surface area contributed by atoms with E-state index in [9.17, 15) is 9.90 Å². The van der Waals surface area contributed by atoms with Crippen LogP contribution in [0.2, 0.25) is 5.02 Å². The van der Waals surface area contributed by atoms with Crippen LogP contribution in [0.25, 0.3) is 0 Å². The number of carbonyl (C=O) groups excluding carboxylic acids is 1. The van der Waals surface area contributed by atoms with E-state index in [1.165, 1.54) is 18.5 Å². The number of aryl methyl sites for hydroxylation is 1. The van der Waals surface area contributed by atoms with Gasteiger partial charge < -0.3 is 9.84 Å². The molecule has 0 saturated heterocycles. The molecule has 0 aliphatic rings. The molecule has 7 heteroatoms. The molecule has 2 N–H and O–H groups in total. The molecule has 0 radical (unpaired) electrons. The first-order chi connectivity index (χ1) is 11.0. The number of aromatic nitrogens is 1. The molecule has 2 aromatic rings. The number of phenols is 1. The summed E-state index contributed by atoms with van der Waals surface area (Å²) in [6, 6.07) is 6.50. The van der Waals surface area contributed by atoms with Gasteiger partial charge in [0.2, 0.25) is 0 Å². The summed E-state index contributed by atoms with van der Waals surface area (Å²) in [6.07, 6.45) is 2.89.